The Balaban J connectivity index is 2.37. The molecule has 0 bridgehead atoms. The maximum Gasteiger partial charge on any atom is 0.243 e. The standard InChI is InChI=1S/C12H22N2O3/c1-3-10-12(16)13-9-11(15)14(10)7-5-4-6-8-17-2/h10H,3-9H2,1-2H3,(H,13,16). The Morgan fingerprint density at radius 3 is 2.76 bits per heavy atom. The lowest BCUT2D eigenvalue weighted by atomic mass is 10.1. The van der Waals surface area contributed by atoms with Crippen LogP contribution in [0.5, 0.6) is 0 Å². The molecule has 1 N–H and O–H groups in total. The molecular weight excluding hydrogens is 220 g/mol. The van der Waals surface area contributed by atoms with Crippen LogP contribution in [0.1, 0.15) is 32.6 Å². The van der Waals surface area contributed by atoms with Gasteiger partial charge in [0.05, 0.1) is 6.54 Å². The smallest absolute Gasteiger partial charge is 0.243 e. The number of piperazine rings is 1. The lowest BCUT2D eigenvalue weighted by Gasteiger charge is -2.34. The van der Waals surface area contributed by atoms with E-state index >= 15 is 0 Å². The average Bonchev–Trinajstić information content (AvgIpc) is 2.33. The summed E-state index contributed by atoms with van der Waals surface area (Å²) in [7, 11) is 1.69. The van der Waals surface area contributed by atoms with Crippen molar-refractivity contribution < 1.29 is 14.3 Å². The summed E-state index contributed by atoms with van der Waals surface area (Å²) in [5.74, 6) is 0.00665. The van der Waals surface area contributed by atoms with Gasteiger partial charge in [-0.15, -0.1) is 0 Å². The zero-order valence-corrected chi connectivity index (χ0v) is 10.7. The summed E-state index contributed by atoms with van der Waals surface area (Å²) >= 11 is 0. The quantitative estimate of drug-likeness (QED) is 0.663. The van der Waals surface area contributed by atoms with Crippen LogP contribution in [-0.2, 0) is 14.3 Å². The first kappa shape index (κ1) is 14.0. The molecule has 1 rings (SSSR count). The van der Waals surface area contributed by atoms with Gasteiger partial charge in [0.15, 0.2) is 0 Å². The van der Waals surface area contributed by atoms with Crippen LogP contribution >= 0.6 is 0 Å². The van der Waals surface area contributed by atoms with Gasteiger partial charge >= 0.3 is 0 Å². The molecule has 17 heavy (non-hydrogen) atoms. The van der Waals surface area contributed by atoms with Gasteiger partial charge in [0.1, 0.15) is 6.04 Å². The fraction of sp³-hybridized carbons (Fsp3) is 0.833. The molecule has 5 heteroatoms. The van der Waals surface area contributed by atoms with E-state index in [2.05, 4.69) is 5.32 Å². The van der Waals surface area contributed by atoms with E-state index in [0.717, 1.165) is 25.9 Å². The Morgan fingerprint density at radius 1 is 1.35 bits per heavy atom. The number of hydrogen-bond donors (Lipinski definition) is 1. The van der Waals surface area contributed by atoms with Crippen molar-refractivity contribution in [1.82, 2.24) is 10.2 Å². The Hall–Kier alpha value is -1.10. The van der Waals surface area contributed by atoms with Gasteiger partial charge in [0, 0.05) is 20.3 Å². The van der Waals surface area contributed by atoms with Crippen molar-refractivity contribution in [2.24, 2.45) is 0 Å². The molecular formula is C12H22N2O3. The molecule has 0 aliphatic carbocycles. The second-order valence-electron chi connectivity index (χ2n) is 4.28. The molecule has 1 aliphatic rings. The molecule has 0 radical (unpaired) electrons. The SMILES string of the molecule is CCC1C(=O)NCC(=O)N1CCCCCOC. The van der Waals surface area contributed by atoms with Crippen LogP contribution in [0.2, 0.25) is 0 Å². The molecule has 1 heterocycles. The van der Waals surface area contributed by atoms with Gasteiger partial charge in [-0.25, -0.2) is 0 Å². The maximum absolute atomic E-state index is 11.7. The van der Waals surface area contributed by atoms with Gasteiger partial charge in [0.2, 0.25) is 11.8 Å². The third-order valence-corrected chi connectivity index (χ3v) is 3.05. The minimum absolute atomic E-state index is 0.0241. The number of unbranched alkanes of at least 4 members (excludes halogenated alkanes) is 2. The summed E-state index contributed by atoms with van der Waals surface area (Å²) in [5, 5.41) is 2.62. The third-order valence-electron chi connectivity index (χ3n) is 3.05. The largest absolute Gasteiger partial charge is 0.385 e. The van der Waals surface area contributed by atoms with Crippen molar-refractivity contribution in [3.63, 3.8) is 0 Å². The van der Waals surface area contributed by atoms with Gasteiger partial charge in [-0.2, -0.15) is 0 Å². The van der Waals surface area contributed by atoms with E-state index in [0.29, 0.717) is 13.0 Å². The highest BCUT2D eigenvalue weighted by Gasteiger charge is 2.32. The Bertz CT molecular complexity index is 268. The summed E-state index contributed by atoms with van der Waals surface area (Å²) < 4.78 is 4.97. The summed E-state index contributed by atoms with van der Waals surface area (Å²) in [5.41, 5.74) is 0. The summed E-state index contributed by atoms with van der Waals surface area (Å²) in [6.07, 6.45) is 3.63. The summed E-state index contributed by atoms with van der Waals surface area (Å²) in [6, 6.07) is -0.279. The number of methoxy groups -OCH3 is 1. The first-order valence-corrected chi connectivity index (χ1v) is 6.26. The van der Waals surface area contributed by atoms with Crippen LogP contribution in [-0.4, -0.2) is 49.6 Å². The minimum atomic E-state index is -0.279. The summed E-state index contributed by atoms with van der Waals surface area (Å²) in [6.45, 7) is 3.51. The topological polar surface area (TPSA) is 58.6 Å². The van der Waals surface area contributed by atoms with E-state index in [4.69, 9.17) is 4.74 Å². The first-order valence-electron chi connectivity index (χ1n) is 6.26. The molecule has 1 atom stereocenters. The normalized spacial score (nSPS) is 20.6. The zero-order valence-electron chi connectivity index (χ0n) is 10.7. The van der Waals surface area contributed by atoms with Crippen LogP contribution < -0.4 is 5.32 Å². The molecule has 5 nitrogen and oxygen atoms in total. The number of amides is 2. The van der Waals surface area contributed by atoms with Crippen LogP contribution in [0.15, 0.2) is 0 Å². The number of nitrogens with one attached hydrogen (secondary N) is 1. The van der Waals surface area contributed by atoms with Gasteiger partial charge in [-0.1, -0.05) is 6.92 Å². The van der Waals surface area contributed by atoms with Crippen LogP contribution in [0.4, 0.5) is 0 Å². The van der Waals surface area contributed by atoms with E-state index in [9.17, 15) is 9.59 Å². The number of nitrogens with zero attached hydrogens (tertiary/aromatic N) is 1. The number of carbonyl (C=O) groups excluding carboxylic acids is 2. The minimum Gasteiger partial charge on any atom is -0.385 e. The van der Waals surface area contributed by atoms with E-state index < -0.39 is 0 Å². The zero-order chi connectivity index (χ0) is 12.7. The molecule has 0 aromatic carbocycles. The molecule has 2 amide bonds. The lowest BCUT2D eigenvalue weighted by molar-refractivity contribution is -0.145. The van der Waals surface area contributed by atoms with Crippen molar-refractivity contribution in [1.29, 1.82) is 0 Å². The molecule has 0 aromatic heterocycles. The molecule has 0 saturated carbocycles. The predicted molar refractivity (Wildman–Crippen MR) is 64.5 cm³/mol. The van der Waals surface area contributed by atoms with Crippen molar-refractivity contribution >= 4 is 11.8 Å². The fourth-order valence-electron chi connectivity index (χ4n) is 2.09. The molecule has 1 unspecified atom stereocenters. The van der Waals surface area contributed by atoms with E-state index in [1.54, 1.807) is 12.0 Å². The monoisotopic (exact) mass is 242 g/mol. The van der Waals surface area contributed by atoms with Crippen LogP contribution in [0.3, 0.4) is 0 Å². The molecule has 1 aliphatic heterocycles. The first-order chi connectivity index (χ1) is 8.20. The molecule has 0 aromatic rings. The maximum atomic E-state index is 11.7. The van der Waals surface area contributed by atoms with Gasteiger partial charge in [-0.3, -0.25) is 9.59 Å². The molecule has 98 valence electrons. The van der Waals surface area contributed by atoms with Gasteiger partial charge < -0.3 is 15.0 Å². The van der Waals surface area contributed by atoms with Crippen LogP contribution in [0, 0.1) is 0 Å². The second-order valence-corrected chi connectivity index (χ2v) is 4.28. The number of rotatable bonds is 7. The fourth-order valence-corrected chi connectivity index (χ4v) is 2.09. The van der Waals surface area contributed by atoms with Crippen LogP contribution in [0.25, 0.3) is 0 Å². The Morgan fingerprint density at radius 2 is 2.12 bits per heavy atom. The van der Waals surface area contributed by atoms with Gasteiger partial charge in [-0.05, 0) is 25.7 Å². The van der Waals surface area contributed by atoms with Crippen molar-refractivity contribution in [2.45, 2.75) is 38.6 Å². The molecule has 1 fully saturated rings. The van der Waals surface area contributed by atoms with E-state index in [1.165, 1.54) is 0 Å². The summed E-state index contributed by atoms with van der Waals surface area (Å²) in [4.78, 5) is 25.0. The van der Waals surface area contributed by atoms with Crippen molar-refractivity contribution in [2.75, 3.05) is 26.8 Å². The van der Waals surface area contributed by atoms with Gasteiger partial charge in [0.25, 0.3) is 0 Å². The highest BCUT2D eigenvalue weighted by molar-refractivity contribution is 5.94. The molecule has 0 spiro atoms. The van der Waals surface area contributed by atoms with E-state index in [1.807, 2.05) is 6.92 Å². The second kappa shape index (κ2) is 7.27. The van der Waals surface area contributed by atoms with Crippen molar-refractivity contribution in [3.8, 4) is 0 Å². The number of hydrogen-bond acceptors (Lipinski definition) is 3. The Kier molecular flexibility index (Phi) is 5.97. The highest BCUT2D eigenvalue weighted by Crippen LogP contribution is 2.11. The predicted octanol–water partition coefficient (Wildman–Crippen LogP) is 0.540. The lowest BCUT2D eigenvalue weighted by Crippen LogP contribution is -2.58. The molecule has 1 saturated heterocycles. The third kappa shape index (κ3) is 4.00. The number of carbonyl (C=O) groups is 2. The number of ether oxygens (including phenoxy) is 1. The average molecular weight is 242 g/mol. The highest BCUT2D eigenvalue weighted by atomic mass is 16.5. The van der Waals surface area contributed by atoms with E-state index in [-0.39, 0.29) is 24.4 Å². The Labute approximate surface area is 102 Å². The van der Waals surface area contributed by atoms with Crippen molar-refractivity contribution in [3.05, 3.63) is 0 Å².